The van der Waals surface area contributed by atoms with Gasteiger partial charge in [0.2, 0.25) is 0 Å². The molecule has 1 fully saturated rings. The van der Waals surface area contributed by atoms with Crippen molar-refractivity contribution in [1.29, 1.82) is 0 Å². The maximum absolute atomic E-state index is 13.0. The molecule has 2 nitrogen and oxygen atoms in total. The molecule has 0 heterocycles. The molecule has 0 bridgehead atoms. The molecule has 2 rings (SSSR count). The van der Waals surface area contributed by atoms with E-state index < -0.39 is 0 Å². The summed E-state index contributed by atoms with van der Waals surface area (Å²) in [5, 5.41) is 3.37. The molecular formula is C11H15FN2. The summed E-state index contributed by atoms with van der Waals surface area (Å²) in [5.41, 5.74) is 6.57. The molecule has 3 N–H and O–H groups in total. The molecule has 0 aromatic heterocycles. The predicted molar refractivity (Wildman–Crippen MR) is 55.3 cm³/mol. The Bertz CT molecular complexity index is 321. The van der Waals surface area contributed by atoms with Gasteiger partial charge in [-0.2, -0.15) is 0 Å². The molecule has 1 aromatic rings. The third-order valence-electron chi connectivity index (χ3n) is 2.76. The maximum atomic E-state index is 13.0. The average Bonchev–Trinajstić information content (AvgIpc) is 2.08. The van der Waals surface area contributed by atoms with Crippen molar-refractivity contribution in [3.63, 3.8) is 0 Å². The third kappa shape index (κ3) is 2.04. The molecule has 0 amide bonds. The zero-order chi connectivity index (χ0) is 9.97. The van der Waals surface area contributed by atoms with Gasteiger partial charge in [-0.3, -0.25) is 0 Å². The molecule has 0 radical (unpaired) electrons. The highest BCUT2D eigenvalue weighted by atomic mass is 19.1. The fourth-order valence-electron chi connectivity index (χ4n) is 1.56. The van der Waals surface area contributed by atoms with Crippen LogP contribution in [-0.2, 0) is 6.54 Å². The first-order valence-electron chi connectivity index (χ1n) is 5.03. The number of nitrogen functional groups attached to an aromatic ring is 1. The Morgan fingerprint density at radius 1 is 1.43 bits per heavy atom. The molecule has 76 valence electrons. The summed E-state index contributed by atoms with van der Waals surface area (Å²) < 4.78 is 13.0. The van der Waals surface area contributed by atoms with Gasteiger partial charge in [0.15, 0.2) is 0 Å². The topological polar surface area (TPSA) is 38.0 Å². The third-order valence-corrected chi connectivity index (χ3v) is 2.76. The fourth-order valence-corrected chi connectivity index (χ4v) is 1.56. The molecule has 1 aromatic carbocycles. The molecule has 0 atom stereocenters. The number of hydrogen-bond acceptors (Lipinski definition) is 2. The molecule has 0 unspecified atom stereocenters. The second-order valence-corrected chi connectivity index (χ2v) is 3.86. The van der Waals surface area contributed by atoms with Gasteiger partial charge in [-0.15, -0.1) is 0 Å². The SMILES string of the molecule is Nc1ccc(CNC2CCC2)cc1F. The van der Waals surface area contributed by atoms with Gasteiger partial charge in [-0.25, -0.2) is 4.39 Å². The first-order valence-corrected chi connectivity index (χ1v) is 5.03. The van der Waals surface area contributed by atoms with Crippen LogP contribution in [0.15, 0.2) is 18.2 Å². The smallest absolute Gasteiger partial charge is 0.146 e. The molecule has 0 saturated heterocycles. The van der Waals surface area contributed by atoms with E-state index in [1.54, 1.807) is 6.07 Å². The lowest BCUT2D eigenvalue weighted by Crippen LogP contribution is -2.34. The van der Waals surface area contributed by atoms with E-state index in [4.69, 9.17) is 5.73 Å². The summed E-state index contributed by atoms with van der Waals surface area (Å²) in [5.74, 6) is -0.321. The summed E-state index contributed by atoms with van der Waals surface area (Å²) in [6.45, 7) is 0.738. The Hall–Kier alpha value is -1.09. The lowest BCUT2D eigenvalue weighted by molar-refractivity contribution is 0.338. The number of nitrogens with one attached hydrogen (secondary N) is 1. The maximum Gasteiger partial charge on any atom is 0.146 e. The Balaban J connectivity index is 1.91. The number of benzene rings is 1. The molecule has 0 spiro atoms. The quantitative estimate of drug-likeness (QED) is 0.723. The van der Waals surface area contributed by atoms with Crippen molar-refractivity contribution in [2.45, 2.75) is 31.8 Å². The van der Waals surface area contributed by atoms with Crippen molar-refractivity contribution in [3.8, 4) is 0 Å². The van der Waals surface area contributed by atoms with Gasteiger partial charge in [-0.05, 0) is 30.5 Å². The van der Waals surface area contributed by atoms with Gasteiger partial charge in [0.05, 0.1) is 5.69 Å². The van der Waals surface area contributed by atoms with Crippen LogP contribution < -0.4 is 11.1 Å². The monoisotopic (exact) mass is 194 g/mol. The fraction of sp³-hybridized carbons (Fsp3) is 0.455. The van der Waals surface area contributed by atoms with Gasteiger partial charge in [0.25, 0.3) is 0 Å². The van der Waals surface area contributed by atoms with Crippen molar-refractivity contribution in [2.75, 3.05) is 5.73 Å². The summed E-state index contributed by atoms with van der Waals surface area (Å²) in [4.78, 5) is 0. The first-order chi connectivity index (χ1) is 6.75. The predicted octanol–water partition coefficient (Wildman–Crippen LogP) is 2.05. The van der Waals surface area contributed by atoms with E-state index >= 15 is 0 Å². The van der Waals surface area contributed by atoms with E-state index in [1.165, 1.54) is 25.3 Å². The van der Waals surface area contributed by atoms with Crippen LogP contribution in [0.3, 0.4) is 0 Å². The van der Waals surface area contributed by atoms with Crippen molar-refractivity contribution in [3.05, 3.63) is 29.6 Å². The van der Waals surface area contributed by atoms with E-state index in [1.807, 2.05) is 6.07 Å². The zero-order valence-electron chi connectivity index (χ0n) is 8.09. The Morgan fingerprint density at radius 2 is 2.21 bits per heavy atom. The molecule has 1 aliphatic rings. The average molecular weight is 194 g/mol. The van der Waals surface area contributed by atoms with Crippen LogP contribution in [0, 0.1) is 5.82 Å². The largest absolute Gasteiger partial charge is 0.396 e. The van der Waals surface area contributed by atoms with Crippen molar-refractivity contribution in [1.82, 2.24) is 5.32 Å². The number of nitrogens with two attached hydrogens (primary N) is 1. The van der Waals surface area contributed by atoms with E-state index in [2.05, 4.69) is 5.32 Å². The summed E-state index contributed by atoms with van der Waals surface area (Å²) in [7, 11) is 0. The van der Waals surface area contributed by atoms with E-state index in [0.29, 0.717) is 6.04 Å². The molecular weight excluding hydrogens is 179 g/mol. The van der Waals surface area contributed by atoms with Gasteiger partial charge in [0.1, 0.15) is 5.82 Å². The molecule has 14 heavy (non-hydrogen) atoms. The van der Waals surface area contributed by atoms with E-state index in [-0.39, 0.29) is 11.5 Å². The molecule has 0 aliphatic heterocycles. The lowest BCUT2D eigenvalue weighted by Gasteiger charge is -2.26. The highest BCUT2D eigenvalue weighted by Gasteiger charge is 2.16. The Morgan fingerprint density at radius 3 is 2.79 bits per heavy atom. The van der Waals surface area contributed by atoms with Crippen LogP contribution in [0.5, 0.6) is 0 Å². The standard InChI is InChI=1S/C11H15FN2/c12-10-6-8(4-5-11(10)13)7-14-9-2-1-3-9/h4-6,9,14H,1-3,7,13H2. The lowest BCUT2D eigenvalue weighted by atomic mass is 9.93. The Labute approximate surface area is 83.3 Å². The van der Waals surface area contributed by atoms with Crippen LogP contribution >= 0.6 is 0 Å². The van der Waals surface area contributed by atoms with Crippen LogP contribution in [-0.4, -0.2) is 6.04 Å². The highest BCUT2D eigenvalue weighted by molar-refractivity contribution is 5.41. The summed E-state index contributed by atoms with van der Waals surface area (Å²) in [6, 6.07) is 5.62. The van der Waals surface area contributed by atoms with Crippen LogP contribution in [0.25, 0.3) is 0 Å². The van der Waals surface area contributed by atoms with Crippen molar-refractivity contribution in [2.24, 2.45) is 0 Å². The van der Waals surface area contributed by atoms with Crippen LogP contribution in [0.2, 0.25) is 0 Å². The van der Waals surface area contributed by atoms with Gasteiger partial charge in [-0.1, -0.05) is 12.5 Å². The Kier molecular flexibility index (Phi) is 2.68. The van der Waals surface area contributed by atoms with Crippen molar-refractivity contribution >= 4 is 5.69 Å². The van der Waals surface area contributed by atoms with Gasteiger partial charge < -0.3 is 11.1 Å². The molecule has 1 aliphatic carbocycles. The number of anilines is 1. The highest BCUT2D eigenvalue weighted by Crippen LogP contribution is 2.19. The summed E-state index contributed by atoms with van der Waals surface area (Å²) >= 11 is 0. The zero-order valence-corrected chi connectivity index (χ0v) is 8.09. The molecule has 3 heteroatoms. The van der Waals surface area contributed by atoms with Gasteiger partial charge in [0, 0.05) is 12.6 Å². The summed E-state index contributed by atoms with van der Waals surface area (Å²) in [6.07, 6.45) is 3.81. The second-order valence-electron chi connectivity index (χ2n) is 3.86. The molecule has 1 saturated carbocycles. The number of hydrogen-bond donors (Lipinski definition) is 2. The van der Waals surface area contributed by atoms with Crippen molar-refractivity contribution < 1.29 is 4.39 Å². The number of rotatable bonds is 3. The number of halogens is 1. The normalized spacial score (nSPS) is 16.6. The van der Waals surface area contributed by atoms with E-state index in [0.717, 1.165) is 12.1 Å². The van der Waals surface area contributed by atoms with Crippen LogP contribution in [0.4, 0.5) is 10.1 Å². The minimum absolute atomic E-state index is 0.220. The van der Waals surface area contributed by atoms with E-state index in [9.17, 15) is 4.39 Å². The minimum atomic E-state index is -0.321. The second kappa shape index (κ2) is 3.96. The minimum Gasteiger partial charge on any atom is -0.396 e. The van der Waals surface area contributed by atoms with Gasteiger partial charge >= 0.3 is 0 Å². The first kappa shape index (κ1) is 9.46. The van der Waals surface area contributed by atoms with Crippen LogP contribution in [0.1, 0.15) is 24.8 Å².